The Hall–Kier alpha value is -1.40. The molecule has 7 rings (SSSR count). The van der Waals surface area contributed by atoms with Crippen LogP contribution in [0.4, 0.5) is 0 Å². The number of benzene rings is 1. The Kier molecular flexibility index (Phi) is 7.49. The van der Waals surface area contributed by atoms with E-state index in [4.69, 9.17) is 13.1 Å². The van der Waals surface area contributed by atoms with Gasteiger partial charge in [0.25, 0.3) is 0 Å². The maximum Gasteiger partial charge on any atom is 0.446 e. The van der Waals surface area contributed by atoms with Gasteiger partial charge < -0.3 is 13.1 Å². The second kappa shape index (κ2) is 10.3. The third kappa shape index (κ3) is 4.97. The van der Waals surface area contributed by atoms with E-state index in [1.807, 2.05) is 0 Å². The molecule has 0 radical (unpaired) electrons. The molecule has 5 aliphatic carbocycles. The Bertz CT molecular complexity index is 1690. The smallest absolute Gasteiger partial charge is 0.371 e. The molecule has 0 bridgehead atoms. The largest absolute Gasteiger partial charge is 0.446 e. The maximum absolute atomic E-state index is 11.9. The molecule has 1 aliphatic heterocycles. The van der Waals surface area contributed by atoms with Crippen LogP contribution in [0, 0.1) is 45.3 Å². The Morgan fingerprint density at radius 3 is 2.00 bits per heavy atom. The van der Waals surface area contributed by atoms with Crippen molar-refractivity contribution in [2.75, 3.05) is 0 Å². The number of fused-ring (bicyclic) bond motifs is 7. The summed E-state index contributed by atoms with van der Waals surface area (Å²) in [6, 6.07) is 2.62. The molecule has 5 fully saturated rings. The van der Waals surface area contributed by atoms with Gasteiger partial charge in [-0.15, -0.1) is 0 Å². The molecular formula is C36H54O9S2. The van der Waals surface area contributed by atoms with E-state index in [2.05, 4.69) is 48.5 Å². The SMILES string of the molecule is CC1(C)CCC[C@]2(C)OC3CC[C@](C)(C4CC[C@]5(C)C4CC[C@]4(C)c6c(OS(=O)(=O)O)ccc(OS(=O)(=O)O)c6CC54)[C@]3(C)CCC12. The highest BCUT2D eigenvalue weighted by Gasteiger charge is 2.69. The molecule has 1 saturated heterocycles. The number of hydrogen-bond acceptors (Lipinski definition) is 7. The Morgan fingerprint density at radius 1 is 0.702 bits per heavy atom. The van der Waals surface area contributed by atoms with Gasteiger partial charge in [-0.05, 0) is 135 Å². The quantitative estimate of drug-likeness (QED) is 0.295. The van der Waals surface area contributed by atoms with Crippen molar-refractivity contribution in [1.29, 1.82) is 0 Å². The average molecular weight is 695 g/mol. The van der Waals surface area contributed by atoms with Gasteiger partial charge in [0.1, 0.15) is 11.5 Å². The van der Waals surface area contributed by atoms with Crippen LogP contribution in [0.1, 0.15) is 130 Å². The second-order valence-electron chi connectivity index (χ2n) is 18.1. The van der Waals surface area contributed by atoms with Crippen LogP contribution in [0.3, 0.4) is 0 Å². The van der Waals surface area contributed by atoms with Gasteiger partial charge in [0.2, 0.25) is 0 Å². The minimum Gasteiger partial charge on any atom is -0.371 e. The normalized spacial score (nSPS) is 45.6. The Morgan fingerprint density at radius 2 is 1.32 bits per heavy atom. The van der Waals surface area contributed by atoms with Crippen molar-refractivity contribution in [3.05, 3.63) is 23.3 Å². The lowest BCUT2D eigenvalue weighted by Gasteiger charge is -2.56. The Labute approximate surface area is 281 Å². The molecule has 5 unspecified atom stereocenters. The van der Waals surface area contributed by atoms with E-state index in [1.54, 1.807) is 0 Å². The standard InChI is InChI=1S/C36H54O9S2/c1-31(2)15-8-16-36(7)27(31)13-19-35(6)29(43-36)14-20-34(35,5)24-12-17-32(3)23(24)11-18-33(4)28(32)21-22-25(44-46(37,38)39)9-10-26(30(22)33)45-47(40,41)42/h9-10,23-24,27-29H,8,11-21H2,1-7H3,(H,37,38,39)(H,40,41,42)/t23?,24?,27?,28?,29?,32-,33+,34-,35-,36+/m1/s1. The van der Waals surface area contributed by atoms with E-state index in [9.17, 15) is 25.9 Å². The first-order valence-electron chi connectivity index (χ1n) is 17.7. The first-order valence-corrected chi connectivity index (χ1v) is 20.5. The molecule has 0 amide bonds. The topological polar surface area (TPSA) is 136 Å². The zero-order chi connectivity index (χ0) is 34.2. The molecule has 2 N–H and O–H groups in total. The summed E-state index contributed by atoms with van der Waals surface area (Å²) in [4.78, 5) is 0. The van der Waals surface area contributed by atoms with Crippen molar-refractivity contribution in [3.63, 3.8) is 0 Å². The first-order chi connectivity index (χ1) is 21.6. The molecule has 10 atom stereocenters. The molecule has 4 saturated carbocycles. The lowest BCUT2D eigenvalue weighted by Crippen LogP contribution is -2.52. The Balaban J connectivity index is 1.24. The van der Waals surface area contributed by atoms with Crippen molar-refractivity contribution >= 4 is 20.8 Å². The lowest BCUT2D eigenvalue weighted by atomic mass is 9.48. The van der Waals surface area contributed by atoms with Gasteiger partial charge in [-0.2, -0.15) is 16.8 Å². The van der Waals surface area contributed by atoms with Gasteiger partial charge >= 0.3 is 20.8 Å². The van der Waals surface area contributed by atoms with E-state index < -0.39 is 26.2 Å². The van der Waals surface area contributed by atoms with Crippen molar-refractivity contribution in [3.8, 4) is 11.5 Å². The summed E-state index contributed by atoms with van der Waals surface area (Å²) in [6.07, 6.45) is 12.8. The zero-order valence-corrected chi connectivity index (χ0v) is 30.7. The zero-order valence-electron chi connectivity index (χ0n) is 29.1. The summed E-state index contributed by atoms with van der Waals surface area (Å²) in [6.45, 7) is 16.9. The van der Waals surface area contributed by atoms with E-state index in [1.165, 1.54) is 37.8 Å². The summed E-state index contributed by atoms with van der Waals surface area (Å²) in [5, 5.41) is 0. The van der Waals surface area contributed by atoms with Crippen LogP contribution in [0.25, 0.3) is 0 Å². The van der Waals surface area contributed by atoms with Crippen molar-refractivity contribution < 1.29 is 39.0 Å². The second-order valence-corrected chi connectivity index (χ2v) is 20.2. The number of ether oxygens (including phenoxy) is 1. The summed E-state index contributed by atoms with van der Waals surface area (Å²) in [5.41, 5.74) is 0.787. The third-order valence-corrected chi connectivity index (χ3v) is 16.5. The van der Waals surface area contributed by atoms with Gasteiger partial charge in [-0.1, -0.05) is 48.0 Å². The highest BCUT2D eigenvalue weighted by atomic mass is 32.3. The van der Waals surface area contributed by atoms with Crippen molar-refractivity contribution in [2.45, 2.75) is 143 Å². The van der Waals surface area contributed by atoms with E-state index >= 15 is 0 Å². The highest BCUT2D eigenvalue weighted by molar-refractivity contribution is 7.81. The van der Waals surface area contributed by atoms with Crippen molar-refractivity contribution in [2.24, 2.45) is 45.3 Å². The van der Waals surface area contributed by atoms with Gasteiger partial charge in [-0.3, -0.25) is 9.11 Å². The molecule has 1 aromatic carbocycles. The highest BCUT2D eigenvalue weighted by Crippen LogP contribution is 2.74. The maximum atomic E-state index is 11.9. The monoisotopic (exact) mass is 694 g/mol. The lowest BCUT2D eigenvalue weighted by molar-refractivity contribution is -0.179. The fraction of sp³-hybridized carbons (Fsp3) is 0.833. The van der Waals surface area contributed by atoms with Crippen LogP contribution in [-0.4, -0.2) is 37.6 Å². The average Bonchev–Trinajstić information content (AvgIpc) is 3.49. The molecule has 0 aromatic heterocycles. The van der Waals surface area contributed by atoms with Crippen LogP contribution in [-0.2, 0) is 37.4 Å². The predicted octanol–water partition coefficient (Wildman–Crippen LogP) is 7.88. The van der Waals surface area contributed by atoms with E-state index in [0.717, 1.165) is 44.9 Å². The molecule has 11 heteroatoms. The van der Waals surface area contributed by atoms with Crippen LogP contribution < -0.4 is 8.37 Å². The third-order valence-electron chi connectivity index (χ3n) is 15.8. The minimum atomic E-state index is -4.83. The van der Waals surface area contributed by atoms with E-state index in [0.29, 0.717) is 35.3 Å². The summed E-state index contributed by atoms with van der Waals surface area (Å²) >= 11 is 0. The molecule has 6 aliphatic rings. The van der Waals surface area contributed by atoms with Gasteiger partial charge in [0.15, 0.2) is 0 Å². The number of hydrogen-bond donors (Lipinski definition) is 2. The molecule has 1 aromatic rings. The van der Waals surface area contributed by atoms with Gasteiger partial charge in [0.05, 0.1) is 11.7 Å². The molecular weight excluding hydrogens is 641 g/mol. The van der Waals surface area contributed by atoms with Crippen LogP contribution in [0.5, 0.6) is 11.5 Å². The van der Waals surface area contributed by atoms with Crippen LogP contribution in [0.15, 0.2) is 12.1 Å². The van der Waals surface area contributed by atoms with Crippen LogP contribution >= 0.6 is 0 Å². The molecule has 47 heavy (non-hydrogen) atoms. The molecule has 0 spiro atoms. The summed E-state index contributed by atoms with van der Waals surface area (Å²) in [5.74, 6) is 1.51. The first kappa shape index (κ1) is 34.1. The van der Waals surface area contributed by atoms with Gasteiger partial charge in [-0.25, -0.2) is 0 Å². The minimum absolute atomic E-state index is 0.0154. The summed E-state index contributed by atoms with van der Waals surface area (Å²) < 4.78 is 84.2. The molecule has 1 heterocycles. The summed E-state index contributed by atoms with van der Waals surface area (Å²) in [7, 11) is -9.65. The molecule has 9 nitrogen and oxygen atoms in total. The molecule has 264 valence electrons. The number of rotatable bonds is 5. The van der Waals surface area contributed by atoms with Crippen LogP contribution in [0.2, 0.25) is 0 Å². The van der Waals surface area contributed by atoms with Crippen molar-refractivity contribution in [1.82, 2.24) is 0 Å². The van der Waals surface area contributed by atoms with E-state index in [-0.39, 0.29) is 50.8 Å². The van der Waals surface area contributed by atoms with Gasteiger partial charge in [0, 0.05) is 16.5 Å². The fourth-order valence-corrected chi connectivity index (χ4v) is 14.2. The predicted molar refractivity (Wildman–Crippen MR) is 178 cm³/mol. The fourth-order valence-electron chi connectivity index (χ4n) is 13.5.